The van der Waals surface area contributed by atoms with Crippen molar-refractivity contribution < 1.29 is 23.6 Å². The summed E-state index contributed by atoms with van der Waals surface area (Å²) >= 11 is 12.8. The number of ether oxygens (including phenoxy) is 2. The Morgan fingerprint density at radius 1 is 1.15 bits per heavy atom. The summed E-state index contributed by atoms with van der Waals surface area (Å²) in [7, 11) is 3.04. The molecular formula is C22H15ClN2O6S2. The number of carbonyl (C=O) groups excluding carboxylic acids is 1. The van der Waals surface area contributed by atoms with E-state index in [0.717, 1.165) is 11.8 Å². The first-order valence-electron chi connectivity index (χ1n) is 9.36. The zero-order valence-corrected chi connectivity index (χ0v) is 19.6. The molecule has 0 aliphatic carbocycles. The number of thiocarbonyl (C=S) groups is 1. The van der Waals surface area contributed by atoms with Gasteiger partial charge in [-0.05, 0) is 30.3 Å². The number of rotatable bonds is 6. The third kappa shape index (κ3) is 4.45. The second-order valence-corrected chi connectivity index (χ2v) is 8.76. The smallest absolute Gasteiger partial charge is 0.271 e. The minimum atomic E-state index is -0.525. The van der Waals surface area contributed by atoms with Crippen molar-refractivity contribution in [2.45, 2.75) is 0 Å². The number of furan rings is 1. The van der Waals surface area contributed by atoms with E-state index in [-0.39, 0.29) is 16.6 Å². The lowest BCUT2D eigenvalue weighted by molar-refractivity contribution is -0.384. The molecule has 33 heavy (non-hydrogen) atoms. The van der Waals surface area contributed by atoms with Gasteiger partial charge in [0.05, 0.1) is 34.8 Å². The molecule has 0 N–H and O–H groups in total. The average Bonchev–Trinajstić information content (AvgIpc) is 3.37. The lowest BCUT2D eigenvalue weighted by atomic mass is 10.1. The van der Waals surface area contributed by atoms with E-state index in [2.05, 4.69) is 0 Å². The Kier molecular flexibility index (Phi) is 6.41. The van der Waals surface area contributed by atoms with E-state index in [4.69, 9.17) is 37.7 Å². The van der Waals surface area contributed by atoms with Crippen LogP contribution in [0.15, 0.2) is 57.9 Å². The van der Waals surface area contributed by atoms with Crippen molar-refractivity contribution in [3.63, 3.8) is 0 Å². The molecule has 8 nitrogen and oxygen atoms in total. The van der Waals surface area contributed by atoms with Gasteiger partial charge < -0.3 is 13.9 Å². The molecule has 0 spiro atoms. The van der Waals surface area contributed by atoms with Crippen LogP contribution < -0.4 is 14.4 Å². The lowest BCUT2D eigenvalue weighted by Crippen LogP contribution is -2.27. The molecule has 1 aliphatic rings. The molecule has 0 unspecified atom stereocenters. The minimum absolute atomic E-state index is 0.117. The fraction of sp³-hybridized carbons (Fsp3) is 0.0909. The van der Waals surface area contributed by atoms with E-state index in [1.807, 2.05) is 0 Å². The van der Waals surface area contributed by atoms with Crippen molar-refractivity contribution in [2.75, 3.05) is 19.1 Å². The Balaban J connectivity index is 1.62. The van der Waals surface area contributed by atoms with E-state index in [9.17, 15) is 14.9 Å². The first-order chi connectivity index (χ1) is 15.8. The zero-order chi connectivity index (χ0) is 23.7. The van der Waals surface area contributed by atoms with Gasteiger partial charge in [-0.1, -0.05) is 35.6 Å². The number of benzene rings is 2. The number of anilines is 1. The molecule has 168 valence electrons. The standard InChI is InChI=1S/C22H15ClN2O6S2/c1-29-13-4-7-17(19(10-13)30-2)24-21(26)20(33-22(24)32)11-14-5-8-18(31-14)15-6-3-12(25(27)28)9-16(15)23/h3-11H,1-2H3. The van der Waals surface area contributed by atoms with Gasteiger partial charge in [0.25, 0.3) is 11.6 Å². The molecule has 1 fully saturated rings. The number of nitrogens with zero attached hydrogens (tertiary/aromatic N) is 2. The van der Waals surface area contributed by atoms with Crippen molar-refractivity contribution in [3.8, 4) is 22.8 Å². The van der Waals surface area contributed by atoms with Crippen LogP contribution in [0, 0.1) is 10.1 Å². The number of halogens is 1. The molecule has 1 saturated heterocycles. The van der Waals surface area contributed by atoms with Gasteiger partial charge in [0.1, 0.15) is 23.0 Å². The first kappa shape index (κ1) is 22.8. The van der Waals surface area contributed by atoms with Crippen molar-refractivity contribution >= 4 is 63.3 Å². The van der Waals surface area contributed by atoms with E-state index >= 15 is 0 Å². The summed E-state index contributed by atoms with van der Waals surface area (Å²) in [5.41, 5.74) is 0.882. The third-order valence-electron chi connectivity index (χ3n) is 4.75. The zero-order valence-electron chi connectivity index (χ0n) is 17.2. The Morgan fingerprint density at radius 3 is 2.61 bits per heavy atom. The summed E-state index contributed by atoms with van der Waals surface area (Å²) in [5, 5.41) is 11.1. The summed E-state index contributed by atoms with van der Waals surface area (Å²) in [6.45, 7) is 0. The highest BCUT2D eigenvalue weighted by Gasteiger charge is 2.35. The molecule has 1 aliphatic heterocycles. The van der Waals surface area contributed by atoms with E-state index in [0.29, 0.717) is 43.5 Å². The van der Waals surface area contributed by atoms with Gasteiger partial charge in [-0.25, -0.2) is 0 Å². The van der Waals surface area contributed by atoms with Gasteiger partial charge in [-0.15, -0.1) is 0 Å². The van der Waals surface area contributed by atoms with Crippen LogP contribution in [0.4, 0.5) is 11.4 Å². The van der Waals surface area contributed by atoms with Crippen LogP contribution in [0.1, 0.15) is 5.76 Å². The van der Waals surface area contributed by atoms with Gasteiger partial charge >= 0.3 is 0 Å². The van der Waals surface area contributed by atoms with E-state index in [1.165, 1.54) is 37.3 Å². The Labute approximate surface area is 202 Å². The number of hydrogen-bond donors (Lipinski definition) is 0. The largest absolute Gasteiger partial charge is 0.497 e. The van der Waals surface area contributed by atoms with Crippen molar-refractivity contribution in [1.29, 1.82) is 0 Å². The molecule has 1 amide bonds. The summed E-state index contributed by atoms with van der Waals surface area (Å²) in [6.07, 6.45) is 1.58. The maximum atomic E-state index is 13.1. The Hall–Kier alpha value is -3.34. The topological polar surface area (TPSA) is 95.0 Å². The van der Waals surface area contributed by atoms with Gasteiger partial charge in [-0.2, -0.15) is 0 Å². The highest BCUT2D eigenvalue weighted by molar-refractivity contribution is 8.27. The van der Waals surface area contributed by atoms with Gasteiger partial charge in [0, 0.05) is 29.8 Å². The minimum Gasteiger partial charge on any atom is -0.497 e. The molecule has 2 heterocycles. The second-order valence-electron chi connectivity index (χ2n) is 6.68. The molecule has 4 rings (SSSR count). The third-order valence-corrected chi connectivity index (χ3v) is 6.37. The first-order valence-corrected chi connectivity index (χ1v) is 11.0. The fourth-order valence-electron chi connectivity index (χ4n) is 3.17. The van der Waals surface area contributed by atoms with Crippen LogP contribution in [0.25, 0.3) is 17.4 Å². The quantitative estimate of drug-likeness (QED) is 0.177. The highest BCUT2D eigenvalue weighted by Crippen LogP contribution is 2.41. The van der Waals surface area contributed by atoms with Crippen molar-refractivity contribution in [3.05, 3.63) is 74.3 Å². The number of amides is 1. The monoisotopic (exact) mass is 502 g/mol. The van der Waals surface area contributed by atoms with E-state index < -0.39 is 4.92 Å². The predicted octanol–water partition coefficient (Wildman–Crippen LogP) is 5.93. The molecule has 2 aromatic carbocycles. The fourth-order valence-corrected chi connectivity index (χ4v) is 4.70. The summed E-state index contributed by atoms with van der Waals surface area (Å²) < 4.78 is 16.8. The molecule has 3 aromatic rings. The number of nitro groups is 1. The summed E-state index contributed by atoms with van der Waals surface area (Å²) in [5.74, 6) is 1.53. The number of thioether (sulfide) groups is 1. The molecule has 0 saturated carbocycles. The van der Waals surface area contributed by atoms with Crippen LogP contribution in [0.5, 0.6) is 11.5 Å². The predicted molar refractivity (Wildman–Crippen MR) is 131 cm³/mol. The van der Waals surface area contributed by atoms with Gasteiger partial charge in [0.2, 0.25) is 0 Å². The second kappa shape index (κ2) is 9.26. The van der Waals surface area contributed by atoms with E-state index in [1.54, 1.807) is 36.4 Å². The Morgan fingerprint density at radius 2 is 1.94 bits per heavy atom. The van der Waals surface area contributed by atoms with Crippen molar-refractivity contribution in [1.82, 2.24) is 0 Å². The summed E-state index contributed by atoms with van der Waals surface area (Å²) in [4.78, 5) is 25.3. The molecule has 0 radical (unpaired) electrons. The number of nitro benzene ring substituents is 1. The summed E-state index contributed by atoms with van der Waals surface area (Å²) in [6, 6.07) is 12.5. The van der Waals surface area contributed by atoms with Crippen LogP contribution in [0.3, 0.4) is 0 Å². The normalized spacial score (nSPS) is 14.8. The molecule has 11 heteroatoms. The maximum Gasteiger partial charge on any atom is 0.271 e. The highest BCUT2D eigenvalue weighted by atomic mass is 35.5. The molecular weight excluding hydrogens is 488 g/mol. The molecule has 0 atom stereocenters. The number of carbonyl (C=O) groups is 1. The maximum absolute atomic E-state index is 13.1. The number of methoxy groups -OCH3 is 2. The molecule has 0 bridgehead atoms. The van der Waals surface area contributed by atoms with Crippen LogP contribution >= 0.6 is 35.6 Å². The van der Waals surface area contributed by atoms with Crippen LogP contribution in [-0.2, 0) is 4.79 Å². The Bertz CT molecular complexity index is 1320. The SMILES string of the molecule is COc1ccc(N2C(=O)C(=Cc3ccc(-c4ccc([N+](=O)[O-])cc4Cl)o3)SC2=S)c(OC)c1. The van der Waals surface area contributed by atoms with Gasteiger partial charge in [0.15, 0.2) is 4.32 Å². The van der Waals surface area contributed by atoms with Crippen LogP contribution in [0.2, 0.25) is 5.02 Å². The van der Waals surface area contributed by atoms with Crippen LogP contribution in [-0.4, -0.2) is 29.4 Å². The molecule has 1 aromatic heterocycles. The lowest BCUT2D eigenvalue weighted by Gasteiger charge is -2.18. The number of non-ortho nitro benzene ring substituents is 1. The van der Waals surface area contributed by atoms with Crippen molar-refractivity contribution in [2.24, 2.45) is 0 Å². The average molecular weight is 503 g/mol. The van der Waals surface area contributed by atoms with Gasteiger partial charge in [-0.3, -0.25) is 19.8 Å². The number of hydrogen-bond acceptors (Lipinski definition) is 8.